The van der Waals surface area contributed by atoms with E-state index in [-0.39, 0.29) is 10.8 Å². The number of phenolic OH excluding ortho intramolecular Hbond substituents is 1. The summed E-state index contributed by atoms with van der Waals surface area (Å²) in [5, 5.41) is 21.2. The lowest BCUT2D eigenvalue weighted by atomic mass is 9.75. The standard InChI is InChI=1S/C26H30N2O/c1-16-7-10-23-21(15-27-28-23)24(16)26(5,6)14-17-8-9-20-18(11-17)12-19(29)13-22(20)25(2,3)4/h7-13,15,29H,14H2,1-6H3,(H,27,28). The maximum Gasteiger partial charge on any atom is 0.116 e. The fourth-order valence-electron chi connectivity index (χ4n) is 4.76. The van der Waals surface area contributed by atoms with Crippen LogP contribution >= 0.6 is 0 Å². The molecule has 0 bridgehead atoms. The zero-order chi connectivity index (χ0) is 21.0. The third-order valence-electron chi connectivity index (χ3n) is 5.97. The minimum atomic E-state index is -0.0508. The Kier molecular flexibility index (Phi) is 4.45. The van der Waals surface area contributed by atoms with E-state index in [1.165, 1.54) is 33.0 Å². The first kappa shape index (κ1) is 19.5. The van der Waals surface area contributed by atoms with Crippen LogP contribution in [-0.2, 0) is 17.3 Å². The monoisotopic (exact) mass is 386 g/mol. The molecule has 3 heteroatoms. The zero-order valence-corrected chi connectivity index (χ0v) is 18.2. The number of hydrogen-bond donors (Lipinski definition) is 2. The van der Waals surface area contributed by atoms with Crippen LogP contribution < -0.4 is 0 Å². The van der Waals surface area contributed by atoms with Crippen molar-refractivity contribution in [3.05, 3.63) is 70.9 Å². The van der Waals surface area contributed by atoms with E-state index in [2.05, 4.69) is 82.1 Å². The molecule has 0 unspecified atom stereocenters. The van der Waals surface area contributed by atoms with Crippen LogP contribution in [0.25, 0.3) is 21.7 Å². The van der Waals surface area contributed by atoms with Gasteiger partial charge in [-0.2, -0.15) is 5.10 Å². The van der Waals surface area contributed by atoms with E-state index in [0.29, 0.717) is 5.75 Å². The average molecular weight is 387 g/mol. The zero-order valence-electron chi connectivity index (χ0n) is 18.2. The Morgan fingerprint density at radius 3 is 2.41 bits per heavy atom. The second-order valence-corrected chi connectivity index (χ2v) is 9.95. The number of benzene rings is 3. The molecule has 0 radical (unpaired) electrons. The van der Waals surface area contributed by atoms with Crippen LogP contribution in [-0.4, -0.2) is 15.3 Å². The highest BCUT2D eigenvalue weighted by Crippen LogP contribution is 2.37. The molecular formula is C26H30N2O. The molecule has 150 valence electrons. The Morgan fingerprint density at radius 2 is 1.69 bits per heavy atom. The van der Waals surface area contributed by atoms with Crippen LogP contribution in [0.15, 0.2) is 48.7 Å². The van der Waals surface area contributed by atoms with Gasteiger partial charge in [-0.3, -0.25) is 5.10 Å². The van der Waals surface area contributed by atoms with E-state index in [9.17, 15) is 5.11 Å². The predicted octanol–water partition coefficient (Wildman–Crippen LogP) is 6.55. The molecule has 3 aromatic carbocycles. The summed E-state index contributed by atoms with van der Waals surface area (Å²) in [6.07, 6.45) is 2.85. The predicted molar refractivity (Wildman–Crippen MR) is 122 cm³/mol. The largest absolute Gasteiger partial charge is 0.508 e. The summed E-state index contributed by atoms with van der Waals surface area (Å²) in [6, 6.07) is 14.7. The number of aryl methyl sites for hydroxylation is 1. The van der Waals surface area contributed by atoms with Gasteiger partial charge in [-0.25, -0.2) is 0 Å². The van der Waals surface area contributed by atoms with Crippen LogP contribution in [0.5, 0.6) is 5.75 Å². The van der Waals surface area contributed by atoms with Gasteiger partial charge in [0.2, 0.25) is 0 Å². The third kappa shape index (κ3) is 3.50. The molecule has 29 heavy (non-hydrogen) atoms. The number of aromatic nitrogens is 2. The molecule has 1 aromatic heterocycles. The van der Waals surface area contributed by atoms with E-state index in [1.807, 2.05) is 18.3 Å². The summed E-state index contributed by atoms with van der Waals surface area (Å²) in [4.78, 5) is 0. The Hall–Kier alpha value is -2.81. The second kappa shape index (κ2) is 6.62. The normalized spacial score (nSPS) is 12.8. The van der Waals surface area contributed by atoms with Crippen molar-refractivity contribution in [2.45, 2.75) is 58.8 Å². The van der Waals surface area contributed by atoms with Gasteiger partial charge >= 0.3 is 0 Å². The number of hydrogen-bond acceptors (Lipinski definition) is 2. The number of aromatic hydroxyl groups is 1. The Labute approximate surface area is 172 Å². The number of aromatic amines is 1. The van der Waals surface area contributed by atoms with E-state index < -0.39 is 0 Å². The highest BCUT2D eigenvalue weighted by molar-refractivity contribution is 5.89. The lowest BCUT2D eigenvalue weighted by Crippen LogP contribution is -2.22. The Bertz CT molecular complexity index is 1210. The Morgan fingerprint density at radius 1 is 0.931 bits per heavy atom. The molecule has 0 fully saturated rings. The van der Waals surface area contributed by atoms with Crippen molar-refractivity contribution >= 4 is 21.7 Å². The van der Waals surface area contributed by atoms with E-state index >= 15 is 0 Å². The van der Waals surface area contributed by atoms with Gasteiger partial charge in [0.25, 0.3) is 0 Å². The molecular weight excluding hydrogens is 356 g/mol. The van der Waals surface area contributed by atoms with Gasteiger partial charge in [0.05, 0.1) is 11.7 Å². The van der Waals surface area contributed by atoms with Gasteiger partial charge in [0.1, 0.15) is 5.75 Å². The summed E-state index contributed by atoms with van der Waals surface area (Å²) in [5.41, 5.74) is 6.09. The van der Waals surface area contributed by atoms with Gasteiger partial charge in [-0.05, 0) is 75.4 Å². The molecule has 0 saturated heterocycles. The topological polar surface area (TPSA) is 48.9 Å². The van der Waals surface area contributed by atoms with Crippen molar-refractivity contribution in [1.29, 1.82) is 0 Å². The molecule has 4 aromatic rings. The number of phenols is 1. The number of H-pyrrole nitrogens is 1. The van der Waals surface area contributed by atoms with Crippen LogP contribution in [0.3, 0.4) is 0 Å². The minimum Gasteiger partial charge on any atom is -0.508 e. The summed E-state index contributed by atoms with van der Waals surface area (Å²) in [6.45, 7) is 13.3. The summed E-state index contributed by atoms with van der Waals surface area (Å²) >= 11 is 0. The first-order valence-corrected chi connectivity index (χ1v) is 10.3. The molecule has 4 rings (SSSR count). The number of nitrogens with one attached hydrogen (secondary N) is 1. The Balaban J connectivity index is 1.79. The molecule has 0 saturated carbocycles. The van der Waals surface area contributed by atoms with Crippen molar-refractivity contribution in [2.75, 3.05) is 0 Å². The van der Waals surface area contributed by atoms with Crippen LogP contribution in [0, 0.1) is 6.92 Å². The minimum absolute atomic E-state index is 0.0220. The maximum atomic E-state index is 10.3. The molecule has 0 atom stereocenters. The third-order valence-corrected chi connectivity index (χ3v) is 5.97. The van der Waals surface area contributed by atoms with E-state index in [4.69, 9.17) is 0 Å². The van der Waals surface area contributed by atoms with Crippen molar-refractivity contribution < 1.29 is 5.11 Å². The van der Waals surface area contributed by atoms with E-state index in [0.717, 1.165) is 17.3 Å². The molecule has 0 spiro atoms. The maximum absolute atomic E-state index is 10.3. The van der Waals surface area contributed by atoms with Gasteiger partial charge in [0.15, 0.2) is 0 Å². The van der Waals surface area contributed by atoms with Crippen LogP contribution in [0.4, 0.5) is 0 Å². The first-order valence-electron chi connectivity index (χ1n) is 10.3. The summed E-state index contributed by atoms with van der Waals surface area (Å²) in [5.74, 6) is 0.331. The van der Waals surface area contributed by atoms with Gasteiger partial charge in [-0.15, -0.1) is 0 Å². The quantitative estimate of drug-likeness (QED) is 0.419. The molecule has 0 aliphatic carbocycles. The van der Waals surface area contributed by atoms with Crippen LogP contribution in [0.2, 0.25) is 0 Å². The lowest BCUT2D eigenvalue weighted by Gasteiger charge is -2.28. The van der Waals surface area contributed by atoms with E-state index in [1.54, 1.807) is 0 Å². The molecule has 2 N–H and O–H groups in total. The average Bonchev–Trinajstić information content (AvgIpc) is 3.07. The van der Waals surface area contributed by atoms with Crippen molar-refractivity contribution in [2.24, 2.45) is 0 Å². The molecule has 1 heterocycles. The lowest BCUT2D eigenvalue weighted by molar-refractivity contribution is 0.472. The fourth-order valence-corrected chi connectivity index (χ4v) is 4.76. The van der Waals surface area contributed by atoms with Gasteiger partial charge in [-0.1, -0.05) is 58.9 Å². The highest BCUT2D eigenvalue weighted by Gasteiger charge is 2.26. The molecule has 0 aliphatic heterocycles. The van der Waals surface area contributed by atoms with Crippen LogP contribution in [0.1, 0.15) is 56.9 Å². The molecule has 0 amide bonds. The highest BCUT2D eigenvalue weighted by atomic mass is 16.3. The van der Waals surface area contributed by atoms with Crippen molar-refractivity contribution in [3.8, 4) is 5.75 Å². The number of rotatable bonds is 3. The first-order chi connectivity index (χ1) is 13.6. The van der Waals surface area contributed by atoms with Crippen molar-refractivity contribution in [3.63, 3.8) is 0 Å². The smallest absolute Gasteiger partial charge is 0.116 e. The second-order valence-electron chi connectivity index (χ2n) is 9.95. The number of fused-ring (bicyclic) bond motifs is 2. The van der Waals surface area contributed by atoms with Crippen molar-refractivity contribution in [1.82, 2.24) is 10.2 Å². The van der Waals surface area contributed by atoms with Gasteiger partial charge in [0, 0.05) is 5.39 Å². The SMILES string of the molecule is Cc1ccc2[nH]ncc2c1C(C)(C)Cc1ccc2c(C(C)(C)C)cc(O)cc2c1. The summed E-state index contributed by atoms with van der Waals surface area (Å²) in [7, 11) is 0. The fraction of sp³-hybridized carbons (Fsp3) is 0.346. The number of nitrogens with zero attached hydrogens (tertiary/aromatic N) is 1. The van der Waals surface area contributed by atoms with Gasteiger partial charge < -0.3 is 5.11 Å². The molecule has 0 aliphatic rings. The molecule has 3 nitrogen and oxygen atoms in total. The summed E-state index contributed by atoms with van der Waals surface area (Å²) < 4.78 is 0.